The van der Waals surface area contributed by atoms with Gasteiger partial charge in [0.25, 0.3) is 0 Å². The van der Waals surface area contributed by atoms with Crippen molar-refractivity contribution in [2.24, 2.45) is 11.3 Å². The van der Waals surface area contributed by atoms with Crippen LogP contribution < -0.4 is 4.74 Å². The molecule has 19 heavy (non-hydrogen) atoms. The summed E-state index contributed by atoms with van der Waals surface area (Å²) in [4.78, 5) is 0. The highest BCUT2D eigenvalue weighted by Gasteiger charge is 2.51. The van der Waals surface area contributed by atoms with Gasteiger partial charge in [-0.25, -0.2) is 0 Å². The lowest BCUT2D eigenvalue weighted by Gasteiger charge is -2.49. The first kappa shape index (κ1) is 13.9. The standard InChI is InChI=1S/C17H23NO/c1-12-6-7-15(19-5)14(8-12)17(11-18)9-13(10-17)16(2,3)4/h6-8,13H,9-10H2,1-5H3. The van der Waals surface area contributed by atoms with E-state index >= 15 is 0 Å². The van der Waals surface area contributed by atoms with Crippen LogP contribution in [-0.2, 0) is 5.41 Å². The van der Waals surface area contributed by atoms with Crippen molar-refractivity contribution >= 4 is 0 Å². The maximum Gasteiger partial charge on any atom is 0.123 e. The average molecular weight is 257 g/mol. The Kier molecular flexibility index (Phi) is 3.34. The van der Waals surface area contributed by atoms with E-state index in [9.17, 15) is 5.26 Å². The SMILES string of the molecule is COc1ccc(C)cc1C1(C#N)CC(C(C)(C)C)C1. The maximum atomic E-state index is 9.68. The highest BCUT2D eigenvalue weighted by molar-refractivity contribution is 5.48. The van der Waals surface area contributed by atoms with Gasteiger partial charge in [0.1, 0.15) is 5.75 Å². The molecule has 2 nitrogen and oxygen atoms in total. The van der Waals surface area contributed by atoms with E-state index in [-0.39, 0.29) is 10.8 Å². The van der Waals surface area contributed by atoms with Crippen LogP contribution >= 0.6 is 0 Å². The number of nitrogens with zero attached hydrogens (tertiary/aromatic N) is 1. The summed E-state index contributed by atoms with van der Waals surface area (Å²) in [7, 11) is 1.68. The third-order valence-corrected chi connectivity index (χ3v) is 4.50. The first-order valence-corrected chi connectivity index (χ1v) is 6.89. The second kappa shape index (κ2) is 4.56. The van der Waals surface area contributed by atoms with E-state index < -0.39 is 0 Å². The molecule has 0 saturated heterocycles. The molecule has 0 unspecified atom stereocenters. The maximum absolute atomic E-state index is 9.68. The van der Waals surface area contributed by atoms with Crippen molar-refractivity contribution in [1.82, 2.24) is 0 Å². The van der Waals surface area contributed by atoms with Crippen LogP contribution in [0.15, 0.2) is 18.2 Å². The molecule has 0 aliphatic heterocycles. The van der Waals surface area contributed by atoms with Crippen LogP contribution in [-0.4, -0.2) is 7.11 Å². The molecule has 102 valence electrons. The normalized spacial score (nSPS) is 26.4. The highest BCUT2D eigenvalue weighted by atomic mass is 16.5. The van der Waals surface area contributed by atoms with Gasteiger partial charge < -0.3 is 4.74 Å². The monoisotopic (exact) mass is 257 g/mol. The van der Waals surface area contributed by atoms with Gasteiger partial charge in [0, 0.05) is 5.56 Å². The van der Waals surface area contributed by atoms with Crippen LogP contribution in [0.25, 0.3) is 0 Å². The lowest BCUT2D eigenvalue weighted by atomic mass is 9.53. The summed E-state index contributed by atoms with van der Waals surface area (Å²) in [5.41, 5.74) is 2.18. The summed E-state index contributed by atoms with van der Waals surface area (Å²) in [6, 6.07) is 8.68. The molecule has 0 heterocycles. The molecule has 2 rings (SSSR count). The van der Waals surface area contributed by atoms with E-state index in [1.54, 1.807) is 7.11 Å². The number of hydrogen-bond donors (Lipinski definition) is 0. The largest absolute Gasteiger partial charge is 0.496 e. The molecule has 1 aromatic carbocycles. The van der Waals surface area contributed by atoms with Crippen LogP contribution in [0.1, 0.15) is 44.7 Å². The number of ether oxygens (including phenoxy) is 1. The van der Waals surface area contributed by atoms with E-state index in [4.69, 9.17) is 4.74 Å². The Morgan fingerprint density at radius 3 is 2.42 bits per heavy atom. The highest BCUT2D eigenvalue weighted by Crippen LogP contribution is 2.55. The van der Waals surface area contributed by atoms with Gasteiger partial charge in [-0.1, -0.05) is 38.5 Å². The van der Waals surface area contributed by atoms with Crippen LogP contribution in [0.5, 0.6) is 5.75 Å². The number of nitriles is 1. The Labute approximate surface area is 116 Å². The Morgan fingerprint density at radius 1 is 1.32 bits per heavy atom. The lowest BCUT2D eigenvalue weighted by Crippen LogP contribution is -2.45. The molecule has 1 aliphatic carbocycles. The van der Waals surface area contributed by atoms with Gasteiger partial charge in [0.15, 0.2) is 0 Å². The fourth-order valence-corrected chi connectivity index (χ4v) is 2.96. The predicted molar refractivity (Wildman–Crippen MR) is 77.2 cm³/mol. The Morgan fingerprint density at radius 2 is 1.95 bits per heavy atom. The summed E-state index contributed by atoms with van der Waals surface area (Å²) in [6.45, 7) is 8.83. The van der Waals surface area contributed by atoms with Crippen molar-refractivity contribution < 1.29 is 4.74 Å². The van der Waals surface area contributed by atoms with E-state index in [0.29, 0.717) is 5.92 Å². The minimum Gasteiger partial charge on any atom is -0.496 e. The molecule has 1 aromatic rings. The molecule has 1 saturated carbocycles. The Bertz CT molecular complexity index is 513. The van der Waals surface area contributed by atoms with Crippen LogP contribution in [0.3, 0.4) is 0 Å². The molecule has 0 amide bonds. The van der Waals surface area contributed by atoms with E-state index in [2.05, 4.69) is 39.8 Å². The van der Waals surface area contributed by atoms with Gasteiger partial charge in [0.2, 0.25) is 0 Å². The Balaban J connectivity index is 2.36. The summed E-state index contributed by atoms with van der Waals surface area (Å²) in [5.74, 6) is 1.46. The molecule has 0 radical (unpaired) electrons. The molecule has 0 bridgehead atoms. The van der Waals surface area contributed by atoms with Crippen molar-refractivity contribution in [3.8, 4) is 11.8 Å². The smallest absolute Gasteiger partial charge is 0.123 e. The van der Waals surface area contributed by atoms with Crippen molar-refractivity contribution in [2.75, 3.05) is 7.11 Å². The zero-order chi connectivity index (χ0) is 14.3. The third-order valence-electron chi connectivity index (χ3n) is 4.50. The zero-order valence-electron chi connectivity index (χ0n) is 12.6. The lowest BCUT2D eigenvalue weighted by molar-refractivity contribution is 0.0767. The van der Waals surface area contributed by atoms with Gasteiger partial charge >= 0.3 is 0 Å². The second-order valence-corrected chi connectivity index (χ2v) is 6.87. The van der Waals surface area contributed by atoms with Crippen molar-refractivity contribution in [3.63, 3.8) is 0 Å². The fraction of sp³-hybridized carbons (Fsp3) is 0.588. The van der Waals surface area contributed by atoms with Gasteiger partial charge in [-0.15, -0.1) is 0 Å². The third kappa shape index (κ3) is 2.34. The van der Waals surface area contributed by atoms with Crippen molar-refractivity contribution in [1.29, 1.82) is 5.26 Å². The zero-order valence-corrected chi connectivity index (χ0v) is 12.6. The molecular weight excluding hydrogens is 234 g/mol. The molecule has 0 atom stereocenters. The van der Waals surface area contributed by atoms with Crippen molar-refractivity contribution in [2.45, 2.75) is 46.0 Å². The Hall–Kier alpha value is -1.49. The summed E-state index contributed by atoms with van der Waals surface area (Å²) in [5, 5.41) is 9.68. The minimum absolute atomic E-state index is 0.275. The summed E-state index contributed by atoms with van der Waals surface area (Å²) in [6.07, 6.45) is 1.87. The van der Waals surface area contributed by atoms with Crippen molar-refractivity contribution in [3.05, 3.63) is 29.3 Å². The minimum atomic E-state index is -0.352. The number of aryl methyl sites for hydroxylation is 1. The number of benzene rings is 1. The summed E-state index contributed by atoms with van der Waals surface area (Å²) >= 11 is 0. The van der Waals surface area contributed by atoms with Gasteiger partial charge in [-0.2, -0.15) is 5.26 Å². The van der Waals surface area contributed by atoms with E-state index in [1.807, 2.05) is 12.1 Å². The molecule has 1 fully saturated rings. The number of hydrogen-bond acceptors (Lipinski definition) is 2. The fourth-order valence-electron chi connectivity index (χ4n) is 2.96. The first-order chi connectivity index (χ1) is 8.82. The van der Waals surface area contributed by atoms with Gasteiger partial charge in [-0.3, -0.25) is 0 Å². The number of methoxy groups -OCH3 is 1. The quantitative estimate of drug-likeness (QED) is 0.794. The molecule has 0 N–H and O–H groups in total. The molecular formula is C17H23NO. The second-order valence-electron chi connectivity index (χ2n) is 6.87. The average Bonchev–Trinajstić information content (AvgIpc) is 2.27. The van der Waals surface area contributed by atoms with Gasteiger partial charge in [-0.05, 0) is 37.2 Å². The molecule has 0 aromatic heterocycles. The predicted octanol–water partition coefficient (Wildman–Crippen LogP) is 4.22. The molecule has 0 spiro atoms. The number of rotatable bonds is 2. The summed E-state index contributed by atoms with van der Waals surface area (Å²) < 4.78 is 5.45. The van der Waals surface area contributed by atoms with Gasteiger partial charge in [0.05, 0.1) is 18.6 Å². The first-order valence-electron chi connectivity index (χ1n) is 6.89. The van der Waals surface area contributed by atoms with E-state index in [1.165, 1.54) is 5.56 Å². The van der Waals surface area contributed by atoms with Crippen LogP contribution in [0, 0.1) is 29.6 Å². The molecule has 1 aliphatic rings. The van der Waals surface area contributed by atoms with Crippen LogP contribution in [0.4, 0.5) is 0 Å². The molecule has 2 heteroatoms. The van der Waals surface area contributed by atoms with E-state index in [0.717, 1.165) is 24.2 Å². The topological polar surface area (TPSA) is 33.0 Å². The van der Waals surface area contributed by atoms with Crippen LogP contribution in [0.2, 0.25) is 0 Å².